The lowest BCUT2D eigenvalue weighted by Gasteiger charge is -2.08. The first-order valence-electron chi connectivity index (χ1n) is 7.89. The Bertz CT molecular complexity index is 1170. The average molecular weight is 368 g/mol. The number of nitrogens with zero attached hydrogens (tertiary/aromatic N) is 3. The summed E-state index contributed by atoms with van der Waals surface area (Å²) in [6.45, 7) is 0. The van der Waals surface area contributed by atoms with Crippen LogP contribution in [-0.4, -0.2) is 20.5 Å². The first-order valence-corrected chi connectivity index (χ1v) is 7.89. The number of amides is 1. The fourth-order valence-electron chi connectivity index (χ4n) is 2.67. The van der Waals surface area contributed by atoms with E-state index in [0.29, 0.717) is 28.8 Å². The predicted octanol–water partition coefficient (Wildman–Crippen LogP) is 4.07. The maximum Gasteiger partial charge on any atom is 0.258 e. The molecule has 0 aliphatic heterocycles. The standard InChI is InChI=1S/C19H11F3N4O/c20-14-8-7-13(16(21)17(14)22)19(27)23-12-5-3-4-11(10-12)18-25-24-15-6-1-2-9-26(15)18/h1-10H,(H,23,27). The van der Waals surface area contributed by atoms with Gasteiger partial charge in [-0.05, 0) is 36.4 Å². The summed E-state index contributed by atoms with van der Waals surface area (Å²) in [5.41, 5.74) is 1.07. The summed E-state index contributed by atoms with van der Waals surface area (Å²) >= 11 is 0. The summed E-state index contributed by atoms with van der Waals surface area (Å²) in [6.07, 6.45) is 1.80. The molecule has 4 aromatic rings. The molecule has 0 spiro atoms. The van der Waals surface area contributed by atoms with Crippen LogP contribution in [-0.2, 0) is 0 Å². The average Bonchev–Trinajstić information content (AvgIpc) is 3.10. The summed E-state index contributed by atoms with van der Waals surface area (Å²) in [5, 5.41) is 10.7. The zero-order chi connectivity index (χ0) is 19.0. The third-order valence-corrected chi connectivity index (χ3v) is 3.97. The van der Waals surface area contributed by atoms with Gasteiger partial charge in [-0.2, -0.15) is 0 Å². The molecule has 0 aliphatic carbocycles. The van der Waals surface area contributed by atoms with Crippen LogP contribution >= 0.6 is 0 Å². The Morgan fingerprint density at radius 1 is 0.926 bits per heavy atom. The molecule has 1 amide bonds. The van der Waals surface area contributed by atoms with Crippen molar-refractivity contribution in [2.24, 2.45) is 0 Å². The lowest BCUT2D eigenvalue weighted by molar-refractivity contribution is 0.102. The molecule has 0 fully saturated rings. The van der Waals surface area contributed by atoms with Crippen molar-refractivity contribution in [1.29, 1.82) is 0 Å². The lowest BCUT2D eigenvalue weighted by atomic mass is 10.1. The van der Waals surface area contributed by atoms with Crippen molar-refractivity contribution in [1.82, 2.24) is 14.6 Å². The summed E-state index contributed by atoms with van der Waals surface area (Å²) < 4.78 is 41.9. The van der Waals surface area contributed by atoms with Gasteiger partial charge < -0.3 is 5.32 Å². The molecule has 4 rings (SSSR count). The van der Waals surface area contributed by atoms with Crippen molar-refractivity contribution in [3.63, 3.8) is 0 Å². The minimum atomic E-state index is -1.69. The van der Waals surface area contributed by atoms with E-state index in [2.05, 4.69) is 15.5 Å². The molecule has 2 aromatic heterocycles. The van der Waals surface area contributed by atoms with Gasteiger partial charge in [-0.25, -0.2) is 13.2 Å². The van der Waals surface area contributed by atoms with Crippen LogP contribution in [0.5, 0.6) is 0 Å². The van der Waals surface area contributed by atoms with Crippen LogP contribution in [0.1, 0.15) is 10.4 Å². The number of anilines is 1. The van der Waals surface area contributed by atoms with E-state index in [1.54, 1.807) is 40.9 Å². The van der Waals surface area contributed by atoms with Gasteiger partial charge in [-0.3, -0.25) is 9.20 Å². The van der Waals surface area contributed by atoms with Gasteiger partial charge in [0.15, 0.2) is 28.9 Å². The molecule has 2 aromatic carbocycles. The van der Waals surface area contributed by atoms with Crippen LogP contribution in [0.25, 0.3) is 17.0 Å². The minimum Gasteiger partial charge on any atom is -0.322 e. The molecule has 27 heavy (non-hydrogen) atoms. The Balaban J connectivity index is 1.66. The molecule has 0 atom stereocenters. The van der Waals surface area contributed by atoms with Gasteiger partial charge in [-0.15, -0.1) is 10.2 Å². The van der Waals surface area contributed by atoms with Gasteiger partial charge >= 0.3 is 0 Å². The molecule has 1 N–H and O–H groups in total. The molecular weight excluding hydrogens is 357 g/mol. The molecule has 0 bridgehead atoms. The number of hydrogen-bond donors (Lipinski definition) is 1. The Labute approximate surface area is 151 Å². The van der Waals surface area contributed by atoms with Crippen LogP contribution in [0.15, 0.2) is 60.8 Å². The van der Waals surface area contributed by atoms with E-state index in [0.717, 1.165) is 6.07 Å². The van der Waals surface area contributed by atoms with Crippen molar-refractivity contribution in [2.45, 2.75) is 0 Å². The third-order valence-electron chi connectivity index (χ3n) is 3.97. The Hall–Kier alpha value is -3.68. The molecule has 134 valence electrons. The van der Waals surface area contributed by atoms with Crippen LogP contribution in [0.3, 0.4) is 0 Å². The van der Waals surface area contributed by atoms with Crippen LogP contribution in [0.2, 0.25) is 0 Å². The van der Waals surface area contributed by atoms with Gasteiger partial charge in [0.25, 0.3) is 5.91 Å². The number of halogens is 3. The molecule has 0 unspecified atom stereocenters. The Morgan fingerprint density at radius 2 is 1.78 bits per heavy atom. The molecule has 0 saturated heterocycles. The van der Waals surface area contributed by atoms with E-state index in [1.807, 2.05) is 12.1 Å². The number of pyridine rings is 1. The molecule has 5 nitrogen and oxygen atoms in total. The maximum absolute atomic E-state index is 13.8. The smallest absolute Gasteiger partial charge is 0.258 e. The molecule has 0 aliphatic rings. The van der Waals surface area contributed by atoms with Crippen molar-refractivity contribution in [3.05, 3.63) is 83.8 Å². The monoisotopic (exact) mass is 368 g/mol. The van der Waals surface area contributed by atoms with Crippen LogP contribution < -0.4 is 5.32 Å². The highest BCUT2D eigenvalue weighted by Crippen LogP contribution is 2.23. The summed E-state index contributed by atoms with van der Waals surface area (Å²) in [7, 11) is 0. The van der Waals surface area contributed by atoms with Gasteiger partial charge in [0.05, 0.1) is 5.56 Å². The van der Waals surface area contributed by atoms with Crippen molar-refractivity contribution in [2.75, 3.05) is 5.32 Å². The second-order valence-electron chi connectivity index (χ2n) is 5.71. The number of hydrogen-bond acceptors (Lipinski definition) is 3. The van der Waals surface area contributed by atoms with Crippen molar-refractivity contribution < 1.29 is 18.0 Å². The predicted molar refractivity (Wildman–Crippen MR) is 92.7 cm³/mol. The molecular formula is C19H11F3N4O. The highest BCUT2D eigenvalue weighted by molar-refractivity contribution is 6.04. The summed E-state index contributed by atoms with van der Waals surface area (Å²) in [6, 6.07) is 13.7. The lowest BCUT2D eigenvalue weighted by Crippen LogP contribution is -2.15. The quantitative estimate of drug-likeness (QED) is 0.555. The second-order valence-corrected chi connectivity index (χ2v) is 5.71. The normalized spacial score (nSPS) is 10.9. The maximum atomic E-state index is 13.8. The minimum absolute atomic E-state index is 0.342. The molecule has 0 radical (unpaired) electrons. The summed E-state index contributed by atoms with van der Waals surface area (Å²) in [4.78, 5) is 12.2. The fraction of sp³-hybridized carbons (Fsp3) is 0. The van der Waals surface area contributed by atoms with Crippen molar-refractivity contribution in [3.8, 4) is 11.4 Å². The van der Waals surface area contributed by atoms with E-state index in [-0.39, 0.29) is 0 Å². The topological polar surface area (TPSA) is 59.3 Å². The number of nitrogens with one attached hydrogen (secondary N) is 1. The van der Waals surface area contributed by atoms with Gasteiger partial charge in [0, 0.05) is 17.4 Å². The Kier molecular flexibility index (Phi) is 4.08. The van der Waals surface area contributed by atoms with Gasteiger partial charge in [-0.1, -0.05) is 18.2 Å². The number of rotatable bonds is 3. The number of fused-ring (bicyclic) bond motifs is 1. The molecule has 2 heterocycles. The van der Waals surface area contributed by atoms with E-state index >= 15 is 0 Å². The zero-order valence-corrected chi connectivity index (χ0v) is 13.7. The Morgan fingerprint density at radius 3 is 2.63 bits per heavy atom. The van der Waals surface area contributed by atoms with E-state index in [4.69, 9.17) is 0 Å². The first kappa shape index (κ1) is 16.8. The number of carbonyl (C=O) groups excluding carboxylic acids is 1. The third kappa shape index (κ3) is 3.01. The van der Waals surface area contributed by atoms with Crippen molar-refractivity contribution >= 4 is 17.2 Å². The molecule has 0 saturated carbocycles. The second kappa shape index (κ2) is 6.56. The van der Waals surface area contributed by atoms with E-state index in [9.17, 15) is 18.0 Å². The zero-order valence-electron chi connectivity index (χ0n) is 13.7. The SMILES string of the molecule is O=C(Nc1cccc(-c2nnc3ccccn23)c1)c1ccc(F)c(F)c1F. The number of benzene rings is 2. The van der Waals surface area contributed by atoms with Gasteiger partial charge in [0.2, 0.25) is 0 Å². The number of aromatic nitrogens is 3. The highest BCUT2D eigenvalue weighted by Gasteiger charge is 2.19. The molecule has 8 heteroatoms. The first-order chi connectivity index (χ1) is 13.0. The number of carbonyl (C=O) groups is 1. The largest absolute Gasteiger partial charge is 0.322 e. The van der Waals surface area contributed by atoms with E-state index in [1.165, 1.54) is 0 Å². The van der Waals surface area contributed by atoms with Crippen LogP contribution in [0.4, 0.5) is 18.9 Å². The summed E-state index contributed by atoms with van der Waals surface area (Å²) in [5.74, 6) is -4.92. The van der Waals surface area contributed by atoms with E-state index < -0.39 is 28.9 Å². The highest BCUT2D eigenvalue weighted by atomic mass is 19.2. The fourth-order valence-corrected chi connectivity index (χ4v) is 2.67. The van der Waals surface area contributed by atoms with Crippen LogP contribution in [0, 0.1) is 17.5 Å². The van der Waals surface area contributed by atoms with Gasteiger partial charge in [0.1, 0.15) is 0 Å².